The van der Waals surface area contributed by atoms with E-state index in [2.05, 4.69) is 16.0 Å². The van der Waals surface area contributed by atoms with E-state index in [1.165, 1.54) is 0 Å². The Labute approximate surface area is 153 Å². The molecule has 0 atom stereocenters. The Morgan fingerprint density at radius 2 is 1.73 bits per heavy atom. The Balaban J connectivity index is 1.39. The molecule has 0 aliphatic carbocycles. The molecule has 0 saturated carbocycles. The molecule has 4 heteroatoms. The Morgan fingerprint density at radius 3 is 2.54 bits per heavy atom. The summed E-state index contributed by atoms with van der Waals surface area (Å²) in [6.07, 6.45) is 1.14. The number of nitrogens with zero attached hydrogens (tertiary/aromatic N) is 2. The van der Waals surface area contributed by atoms with Gasteiger partial charge >= 0.3 is 0 Å². The number of ketones is 1. The van der Waals surface area contributed by atoms with Crippen LogP contribution in [0.3, 0.4) is 0 Å². The number of anilines is 1. The molecular formula is C22H22N2O2. The van der Waals surface area contributed by atoms with Gasteiger partial charge in [0, 0.05) is 41.8 Å². The lowest BCUT2D eigenvalue weighted by Gasteiger charge is -2.28. The zero-order valence-corrected chi connectivity index (χ0v) is 14.7. The molecule has 132 valence electrons. The van der Waals surface area contributed by atoms with Crippen LogP contribution < -0.4 is 4.90 Å². The number of carbonyl (C=O) groups is 1. The maximum absolute atomic E-state index is 12.5. The third-order valence-corrected chi connectivity index (χ3v) is 4.83. The van der Waals surface area contributed by atoms with Gasteiger partial charge in [-0.05, 0) is 42.8 Å². The number of pyridine rings is 1. The number of hydrogen-bond donors (Lipinski definition) is 0. The molecule has 0 spiro atoms. The molecule has 1 aliphatic heterocycles. The molecule has 0 amide bonds. The fraction of sp³-hybridized carbons (Fsp3) is 0.273. The van der Waals surface area contributed by atoms with Crippen LogP contribution in [0.25, 0.3) is 10.9 Å². The number of aromatic nitrogens is 1. The van der Waals surface area contributed by atoms with Crippen molar-refractivity contribution in [3.8, 4) is 0 Å². The first-order valence-electron chi connectivity index (χ1n) is 9.10. The largest absolute Gasteiger partial charge is 0.378 e. The number of fused-ring (bicyclic) bond motifs is 1. The van der Waals surface area contributed by atoms with E-state index in [4.69, 9.17) is 4.74 Å². The summed E-state index contributed by atoms with van der Waals surface area (Å²) in [4.78, 5) is 19.4. The van der Waals surface area contributed by atoms with Crippen LogP contribution in [-0.4, -0.2) is 37.1 Å². The number of ether oxygens (including phenoxy) is 1. The van der Waals surface area contributed by atoms with Crippen LogP contribution in [0.5, 0.6) is 0 Å². The van der Waals surface area contributed by atoms with Crippen LogP contribution in [0.2, 0.25) is 0 Å². The smallest absolute Gasteiger partial charge is 0.163 e. The van der Waals surface area contributed by atoms with Crippen molar-refractivity contribution in [1.29, 1.82) is 0 Å². The number of rotatable bonds is 5. The minimum Gasteiger partial charge on any atom is -0.378 e. The molecule has 4 rings (SSSR count). The van der Waals surface area contributed by atoms with E-state index < -0.39 is 0 Å². The van der Waals surface area contributed by atoms with Crippen molar-refractivity contribution in [2.45, 2.75) is 12.8 Å². The number of carbonyl (C=O) groups excluding carboxylic acids is 1. The van der Waals surface area contributed by atoms with E-state index in [0.717, 1.165) is 54.2 Å². The van der Waals surface area contributed by atoms with Crippen molar-refractivity contribution >= 4 is 22.4 Å². The lowest BCUT2D eigenvalue weighted by Crippen LogP contribution is -2.36. The van der Waals surface area contributed by atoms with Crippen molar-refractivity contribution < 1.29 is 9.53 Å². The van der Waals surface area contributed by atoms with Crippen LogP contribution in [0.1, 0.15) is 22.5 Å². The van der Waals surface area contributed by atoms with Crippen LogP contribution in [0, 0.1) is 0 Å². The molecule has 0 N–H and O–H groups in total. The first-order chi connectivity index (χ1) is 12.8. The molecule has 26 heavy (non-hydrogen) atoms. The summed E-state index contributed by atoms with van der Waals surface area (Å²) in [6.45, 7) is 3.33. The molecular weight excluding hydrogens is 324 g/mol. The molecule has 4 nitrogen and oxygen atoms in total. The average Bonchev–Trinajstić information content (AvgIpc) is 2.72. The fourth-order valence-electron chi connectivity index (χ4n) is 3.31. The van der Waals surface area contributed by atoms with Gasteiger partial charge in [-0.25, -0.2) is 0 Å². The van der Waals surface area contributed by atoms with Gasteiger partial charge in [-0.2, -0.15) is 0 Å². The van der Waals surface area contributed by atoms with Crippen LogP contribution in [0.15, 0.2) is 60.7 Å². The van der Waals surface area contributed by atoms with Gasteiger partial charge in [0.2, 0.25) is 0 Å². The predicted octanol–water partition coefficient (Wildman–Crippen LogP) is 3.89. The SMILES string of the molecule is O=C(CCc1ccc2ccccc2n1)c1ccc(N2CCOCC2)cc1. The molecule has 0 bridgehead atoms. The number of para-hydroxylation sites is 1. The predicted molar refractivity (Wildman–Crippen MR) is 104 cm³/mol. The highest BCUT2D eigenvalue weighted by molar-refractivity contribution is 5.96. The molecule has 2 heterocycles. The van der Waals surface area contributed by atoms with Gasteiger partial charge in [0.25, 0.3) is 0 Å². The van der Waals surface area contributed by atoms with Gasteiger partial charge in [-0.15, -0.1) is 0 Å². The minimum atomic E-state index is 0.161. The maximum atomic E-state index is 12.5. The first kappa shape index (κ1) is 16.7. The Morgan fingerprint density at radius 1 is 0.962 bits per heavy atom. The molecule has 0 unspecified atom stereocenters. The van der Waals surface area contributed by atoms with E-state index >= 15 is 0 Å². The molecule has 1 aromatic heterocycles. The Bertz CT molecular complexity index is 899. The molecule has 2 aromatic carbocycles. The molecule has 1 aliphatic rings. The monoisotopic (exact) mass is 346 g/mol. The highest BCUT2D eigenvalue weighted by atomic mass is 16.5. The Hall–Kier alpha value is -2.72. The van der Waals surface area contributed by atoms with Gasteiger partial charge in [0.1, 0.15) is 0 Å². The second kappa shape index (κ2) is 7.67. The fourth-order valence-corrected chi connectivity index (χ4v) is 3.31. The first-order valence-corrected chi connectivity index (χ1v) is 9.10. The summed E-state index contributed by atoms with van der Waals surface area (Å²) in [7, 11) is 0. The highest BCUT2D eigenvalue weighted by Gasteiger charge is 2.12. The van der Waals surface area contributed by atoms with E-state index in [0.29, 0.717) is 12.8 Å². The van der Waals surface area contributed by atoms with Crippen molar-refractivity contribution in [2.24, 2.45) is 0 Å². The number of benzene rings is 2. The zero-order valence-electron chi connectivity index (χ0n) is 14.7. The van der Waals surface area contributed by atoms with Gasteiger partial charge in [0.05, 0.1) is 18.7 Å². The van der Waals surface area contributed by atoms with E-state index in [1.54, 1.807) is 0 Å². The van der Waals surface area contributed by atoms with Gasteiger partial charge in [0.15, 0.2) is 5.78 Å². The summed E-state index contributed by atoms with van der Waals surface area (Å²) >= 11 is 0. The van der Waals surface area contributed by atoms with Gasteiger partial charge in [-0.1, -0.05) is 24.3 Å². The average molecular weight is 346 g/mol. The molecule has 1 saturated heterocycles. The van der Waals surface area contributed by atoms with Gasteiger partial charge < -0.3 is 9.64 Å². The molecule has 1 fully saturated rings. The van der Waals surface area contributed by atoms with Gasteiger partial charge in [-0.3, -0.25) is 9.78 Å². The van der Waals surface area contributed by atoms with Crippen molar-refractivity contribution in [3.05, 3.63) is 71.9 Å². The summed E-state index contributed by atoms with van der Waals surface area (Å²) in [5, 5.41) is 1.13. The lowest BCUT2D eigenvalue weighted by atomic mass is 10.0. The van der Waals surface area contributed by atoms with E-state index in [-0.39, 0.29) is 5.78 Å². The van der Waals surface area contributed by atoms with Crippen LogP contribution in [-0.2, 0) is 11.2 Å². The lowest BCUT2D eigenvalue weighted by molar-refractivity contribution is 0.0982. The van der Waals surface area contributed by atoms with Crippen LogP contribution in [0.4, 0.5) is 5.69 Å². The number of Topliss-reactive ketones (excluding diaryl/α,β-unsaturated/α-hetero) is 1. The summed E-state index contributed by atoms with van der Waals surface area (Å²) in [5.41, 5.74) is 3.86. The summed E-state index contributed by atoms with van der Waals surface area (Å²) in [6, 6.07) is 20.1. The highest BCUT2D eigenvalue weighted by Crippen LogP contribution is 2.18. The third-order valence-electron chi connectivity index (χ3n) is 4.83. The number of hydrogen-bond acceptors (Lipinski definition) is 4. The normalized spacial score (nSPS) is 14.5. The zero-order chi connectivity index (χ0) is 17.8. The van der Waals surface area contributed by atoms with Crippen LogP contribution >= 0.6 is 0 Å². The van der Waals surface area contributed by atoms with E-state index in [9.17, 15) is 4.79 Å². The molecule has 0 radical (unpaired) electrons. The summed E-state index contributed by atoms with van der Waals surface area (Å²) < 4.78 is 5.38. The van der Waals surface area contributed by atoms with E-state index in [1.807, 2.05) is 54.6 Å². The standard InChI is InChI=1S/C22H22N2O2/c25-22(12-9-19-8-5-17-3-1-2-4-21(17)23-19)18-6-10-20(11-7-18)24-13-15-26-16-14-24/h1-8,10-11H,9,12-16H2. The van der Waals surface area contributed by atoms with Crippen molar-refractivity contribution in [3.63, 3.8) is 0 Å². The minimum absolute atomic E-state index is 0.161. The number of aryl methyl sites for hydroxylation is 1. The third kappa shape index (κ3) is 3.75. The quantitative estimate of drug-likeness (QED) is 0.658. The number of morpholine rings is 1. The van der Waals surface area contributed by atoms with Crippen molar-refractivity contribution in [1.82, 2.24) is 4.98 Å². The summed E-state index contributed by atoms with van der Waals surface area (Å²) in [5.74, 6) is 0.161. The topological polar surface area (TPSA) is 42.4 Å². The molecule has 3 aromatic rings. The maximum Gasteiger partial charge on any atom is 0.163 e. The second-order valence-corrected chi connectivity index (χ2v) is 6.56. The second-order valence-electron chi connectivity index (χ2n) is 6.56. The Kier molecular flexibility index (Phi) is 4.93. The van der Waals surface area contributed by atoms with Crippen molar-refractivity contribution in [2.75, 3.05) is 31.2 Å².